The molecule has 0 aliphatic heterocycles. The molecule has 1 N–H and O–H groups in total. The van der Waals surface area contributed by atoms with Crippen molar-refractivity contribution in [3.05, 3.63) is 36.2 Å². The van der Waals surface area contributed by atoms with E-state index in [0.717, 1.165) is 12.5 Å². The number of nitrogens with zero attached hydrogens (tertiary/aromatic N) is 2. The summed E-state index contributed by atoms with van der Waals surface area (Å²) in [6.07, 6.45) is 2.09. The van der Waals surface area contributed by atoms with E-state index in [0.29, 0.717) is 5.75 Å². The van der Waals surface area contributed by atoms with E-state index in [9.17, 15) is 18.0 Å². The largest absolute Gasteiger partial charge is 0.497 e. The highest BCUT2D eigenvalue weighted by Crippen LogP contribution is 2.20. The lowest BCUT2D eigenvalue weighted by atomic mass is 10.3. The number of hydrogen-bond acceptors (Lipinski definition) is 10. The summed E-state index contributed by atoms with van der Waals surface area (Å²) in [5, 5.41) is 2.28. The molecular formula is C17H19N3O7S. The smallest absolute Gasteiger partial charge is 0.364 e. The van der Waals surface area contributed by atoms with Gasteiger partial charge in [0.25, 0.3) is 0 Å². The molecule has 0 saturated carbocycles. The second-order valence-electron chi connectivity index (χ2n) is 5.50. The van der Waals surface area contributed by atoms with Crippen LogP contribution in [0.2, 0.25) is 0 Å². The molecule has 0 atom stereocenters. The lowest BCUT2D eigenvalue weighted by Gasteiger charge is -2.11. The molecular weight excluding hydrogens is 390 g/mol. The molecule has 0 fully saturated rings. The SMILES string of the molecule is COC(=O)CCNc1cnc(S(C)(=O)=O)nc1C(=O)Oc1ccc(OC)cc1. The number of rotatable bonds is 8. The minimum Gasteiger partial charge on any atom is -0.497 e. The van der Waals surface area contributed by atoms with Crippen LogP contribution in [0.5, 0.6) is 11.5 Å². The summed E-state index contributed by atoms with van der Waals surface area (Å²) in [4.78, 5) is 31.3. The molecule has 11 heteroatoms. The molecule has 1 heterocycles. The predicted molar refractivity (Wildman–Crippen MR) is 98.2 cm³/mol. The number of sulfone groups is 1. The number of ether oxygens (including phenoxy) is 3. The third-order valence-corrected chi connectivity index (χ3v) is 4.29. The first kappa shape index (κ1) is 21.1. The van der Waals surface area contributed by atoms with E-state index in [-0.39, 0.29) is 30.1 Å². The van der Waals surface area contributed by atoms with Crippen LogP contribution in [0.4, 0.5) is 5.69 Å². The first-order valence-electron chi connectivity index (χ1n) is 7.98. The summed E-state index contributed by atoms with van der Waals surface area (Å²) < 4.78 is 38.2. The lowest BCUT2D eigenvalue weighted by molar-refractivity contribution is -0.140. The summed E-state index contributed by atoms with van der Waals surface area (Å²) in [5.41, 5.74) is -0.161. The average molecular weight is 409 g/mol. The van der Waals surface area contributed by atoms with Gasteiger partial charge in [-0.05, 0) is 24.3 Å². The van der Waals surface area contributed by atoms with Crippen LogP contribution < -0.4 is 14.8 Å². The summed E-state index contributed by atoms with van der Waals surface area (Å²) in [7, 11) is -0.989. The molecule has 0 amide bonds. The number of carbonyl (C=O) groups excluding carboxylic acids is 2. The maximum Gasteiger partial charge on any atom is 0.364 e. The molecule has 10 nitrogen and oxygen atoms in total. The van der Waals surface area contributed by atoms with E-state index >= 15 is 0 Å². The van der Waals surface area contributed by atoms with E-state index in [1.807, 2.05) is 0 Å². The standard InChI is InChI=1S/C17H19N3O7S/c1-25-11-4-6-12(7-5-11)27-16(22)15-13(18-9-8-14(21)26-2)10-19-17(20-15)28(3,23)24/h4-7,10,18H,8-9H2,1-3H3. The van der Waals surface area contributed by atoms with Crippen molar-refractivity contribution in [3.63, 3.8) is 0 Å². The Hall–Kier alpha value is -3.21. The summed E-state index contributed by atoms with van der Waals surface area (Å²) in [6, 6.07) is 6.22. The first-order chi connectivity index (χ1) is 13.2. The van der Waals surface area contributed by atoms with Crippen LogP contribution in [0.15, 0.2) is 35.6 Å². The Morgan fingerprint density at radius 2 is 1.75 bits per heavy atom. The monoisotopic (exact) mass is 409 g/mol. The van der Waals surface area contributed by atoms with Gasteiger partial charge in [0.2, 0.25) is 15.0 Å². The summed E-state index contributed by atoms with van der Waals surface area (Å²) in [5.74, 6) is -0.557. The minimum absolute atomic E-state index is 0.0251. The number of esters is 2. The number of hydrogen-bond donors (Lipinski definition) is 1. The maximum atomic E-state index is 12.6. The van der Waals surface area contributed by atoms with Gasteiger partial charge in [-0.1, -0.05) is 0 Å². The minimum atomic E-state index is -3.74. The second kappa shape index (κ2) is 9.13. The third kappa shape index (κ3) is 5.64. The van der Waals surface area contributed by atoms with Crippen molar-refractivity contribution in [2.45, 2.75) is 11.6 Å². The number of nitrogens with one attached hydrogen (secondary N) is 1. The Morgan fingerprint density at radius 1 is 1.11 bits per heavy atom. The van der Waals surface area contributed by atoms with Crippen molar-refractivity contribution < 1.29 is 32.2 Å². The molecule has 0 bridgehead atoms. The van der Waals surface area contributed by atoms with Gasteiger partial charge in [0.15, 0.2) is 5.69 Å². The average Bonchev–Trinajstić information content (AvgIpc) is 2.67. The second-order valence-corrected chi connectivity index (χ2v) is 7.41. The van der Waals surface area contributed by atoms with Gasteiger partial charge in [0.05, 0.1) is 32.5 Å². The Balaban J connectivity index is 2.28. The Kier molecular flexibility index (Phi) is 6.88. The number of benzene rings is 1. The van der Waals surface area contributed by atoms with E-state index in [1.165, 1.54) is 26.4 Å². The van der Waals surface area contributed by atoms with Gasteiger partial charge in [-0.25, -0.2) is 23.2 Å². The van der Waals surface area contributed by atoms with Crippen LogP contribution in [0, 0.1) is 0 Å². The van der Waals surface area contributed by atoms with Crippen LogP contribution in [0.3, 0.4) is 0 Å². The van der Waals surface area contributed by atoms with Crippen molar-refractivity contribution in [2.24, 2.45) is 0 Å². The quantitative estimate of drug-likeness (QED) is 0.383. The first-order valence-corrected chi connectivity index (χ1v) is 9.87. The highest BCUT2D eigenvalue weighted by molar-refractivity contribution is 7.90. The molecule has 0 aliphatic rings. The Morgan fingerprint density at radius 3 is 2.32 bits per heavy atom. The van der Waals surface area contributed by atoms with Gasteiger partial charge in [0, 0.05) is 12.8 Å². The fourth-order valence-electron chi connectivity index (χ4n) is 2.03. The third-order valence-electron chi connectivity index (χ3n) is 3.43. The van der Waals surface area contributed by atoms with Gasteiger partial charge in [-0.2, -0.15) is 0 Å². The van der Waals surface area contributed by atoms with E-state index in [1.54, 1.807) is 12.1 Å². The number of anilines is 1. The van der Waals surface area contributed by atoms with Crippen LogP contribution in [-0.4, -0.2) is 57.3 Å². The Labute approximate surface area is 161 Å². The molecule has 28 heavy (non-hydrogen) atoms. The molecule has 2 rings (SSSR count). The number of aromatic nitrogens is 2. The predicted octanol–water partition coefficient (Wildman–Crippen LogP) is 1.08. The molecule has 0 spiro atoms. The van der Waals surface area contributed by atoms with E-state index in [4.69, 9.17) is 9.47 Å². The van der Waals surface area contributed by atoms with Crippen molar-refractivity contribution in [3.8, 4) is 11.5 Å². The molecule has 0 radical (unpaired) electrons. The van der Waals surface area contributed by atoms with E-state index in [2.05, 4.69) is 20.0 Å². The van der Waals surface area contributed by atoms with Gasteiger partial charge < -0.3 is 19.5 Å². The van der Waals surface area contributed by atoms with Crippen LogP contribution in [0.1, 0.15) is 16.9 Å². The molecule has 1 aromatic heterocycles. The van der Waals surface area contributed by atoms with Crippen molar-refractivity contribution >= 4 is 27.5 Å². The lowest BCUT2D eigenvalue weighted by Crippen LogP contribution is -2.19. The van der Waals surface area contributed by atoms with Gasteiger partial charge in [-0.3, -0.25) is 4.79 Å². The zero-order chi connectivity index (χ0) is 20.7. The van der Waals surface area contributed by atoms with Crippen LogP contribution >= 0.6 is 0 Å². The summed E-state index contributed by atoms with van der Waals surface area (Å²) >= 11 is 0. The number of methoxy groups -OCH3 is 2. The summed E-state index contributed by atoms with van der Waals surface area (Å²) in [6.45, 7) is 0.122. The molecule has 0 unspecified atom stereocenters. The van der Waals surface area contributed by atoms with Crippen molar-refractivity contribution in [1.29, 1.82) is 0 Å². The van der Waals surface area contributed by atoms with E-state index < -0.39 is 26.9 Å². The van der Waals surface area contributed by atoms with Crippen LogP contribution in [-0.2, 0) is 19.4 Å². The van der Waals surface area contributed by atoms with Crippen molar-refractivity contribution in [2.75, 3.05) is 32.3 Å². The van der Waals surface area contributed by atoms with Gasteiger partial charge >= 0.3 is 11.9 Å². The zero-order valence-electron chi connectivity index (χ0n) is 15.5. The number of carbonyl (C=O) groups is 2. The van der Waals surface area contributed by atoms with Gasteiger partial charge in [0.1, 0.15) is 11.5 Å². The Bertz CT molecular complexity index is 959. The molecule has 1 aromatic carbocycles. The molecule has 150 valence electrons. The van der Waals surface area contributed by atoms with Crippen molar-refractivity contribution in [1.82, 2.24) is 9.97 Å². The normalized spacial score (nSPS) is 10.8. The molecule has 0 aliphatic carbocycles. The fraction of sp³-hybridized carbons (Fsp3) is 0.294. The maximum absolute atomic E-state index is 12.6. The zero-order valence-corrected chi connectivity index (χ0v) is 16.3. The topological polar surface area (TPSA) is 134 Å². The highest BCUT2D eigenvalue weighted by atomic mass is 32.2. The highest BCUT2D eigenvalue weighted by Gasteiger charge is 2.21. The molecule has 2 aromatic rings. The van der Waals surface area contributed by atoms with Gasteiger partial charge in [-0.15, -0.1) is 0 Å². The molecule has 0 saturated heterocycles. The fourth-order valence-corrected chi connectivity index (χ4v) is 2.53. The van der Waals surface area contributed by atoms with Crippen LogP contribution in [0.25, 0.3) is 0 Å².